The van der Waals surface area contributed by atoms with Crippen LogP contribution in [-0.4, -0.2) is 34.6 Å². The highest BCUT2D eigenvalue weighted by Gasteiger charge is 2.43. The lowest BCUT2D eigenvalue weighted by atomic mass is 10.0. The van der Waals surface area contributed by atoms with Gasteiger partial charge in [-0.2, -0.15) is 0 Å². The minimum absolute atomic E-state index is 0.157. The van der Waals surface area contributed by atoms with E-state index in [-0.39, 0.29) is 19.1 Å². The van der Waals surface area contributed by atoms with Gasteiger partial charge < -0.3 is 23.6 Å². The number of amides is 1. The van der Waals surface area contributed by atoms with Crippen LogP contribution in [0.25, 0.3) is 0 Å². The fraction of sp³-hybridized carbons (Fsp3) is 0.286. The van der Waals surface area contributed by atoms with E-state index in [0.717, 1.165) is 0 Å². The number of nitrogens with zero attached hydrogens (tertiary/aromatic N) is 1. The van der Waals surface area contributed by atoms with Gasteiger partial charge in [0.1, 0.15) is 24.2 Å². The molecule has 3 rings (SSSR count). The third kappa shape index (κ3) is 2.55. The zero-order valence-corrected chi connectivity index (χ0v) is 11.0. The lowest BCUT2D eigenvalue weighted by Gasteiger charge is -2.37. The summed E-state index contributed by atoms with van der Waals surface area (Å²) in [5.41, 5.74) is 0. The van der Waals surface area contributed by atoms with Gasteiger partial charge in [-0.05, 0) is 24.3 Å². The summed E-state index contributed by atoms with van der Waals surface area (Å²) in [5, 5.41) is 9.31. The van der Waals surface area contributed by atoms with Crippen LogP contribution in [0.5, 0.6) is 0 Å². The molecule has 2 aromatic heterocycles. The van der Waals surface area contributed by atoms with Crippen molar-refractivity contribution in [1.29, 1.82) is 0 Å². The van der Waals surface area contributed by atoms with Crippen LogP contribution >= 0.6 is 0 Å². The first-order valence-electron chi connectivity index (χ1n) is 6.36. The smallest absolute Gasteiger partial charge is 0.335 e. The lowest BCUT2D eigenvalue weighted by Crippen LogP contribution is -2.51. The molecule has 21 heavy (non-hydrogen) atoms. The lowest BCUT2D eigenvalue weighted by molar-refractivity contribution is -0.175. The number of hydrogen-bond donors (Lipinski definition) is 1. The Morgan fingerprint density at radius 2 is 2.05 bits per heavy atom. The Labute approximate surface area is 119 Å². The van der Waals surface area contributed by atoms with Crippen LogP contribution in [0, 0.1) is 0 Å². The molecule has 1 amide bonds. The minimum Gasteiger partial charge on any atom is -0.479 e. The van der Waals surface area contributed by atoms with Crippen molar-refractivity contribution in [2.75, 3.05) is 6.61 Å². The van der Waals surface area contributed by atoms with Gasteiger partial charge in [0.15, 0.2) is 6.10 Å². The number of carboxylic acids is 1. The van der Waals surface area contributed by atoms with Crippen molar-refractivity contribution in [2.24, 2.45) is 0 Å². The quantitative estimate of drug-likeness (QED) is 0.915. The number of carbonyl (C=O) groups excluding carboxylic acids is 1. The van der Waals surface area contributed by atoms with Crippen LogP contribution in [0.15, 0.2) is 45.6 Å². The highest BCUT2D eigenvalue weighted by molar-refractivity contribution is 5.82. The van der Waals surface area contributed by atoms with Gasteiger partial charge in [-0.25, -0.2) is 4.79 Å². The summed E-state index contributed by atoms with van der Waals surface area (Å²) in [5.74, 6) is -0.536. The van der Waals surface area contributed by atoms with Crippen LogP contribution in [0.3, 0.4) is 0 Å². The second-order valence-electron chi connectivity index (χ2n) is 4.63. The average Bonchev–Trinajstić information content (AvgIpc) is 3.13. The highest BCUT2D eigenvalue weighted by atomic mass is 16.5. The molecule has 0 bridgehead atoms. The summed E-state index contributed by atoms with van der Waals surface area (Å²) in [4.78, 5) is 24.9. The second-order valence-corrected chi connectivity index (χ2v) is 4.63. The van der Waals surface area contributed by atoms with Crippen LogP contribution in [0.2, 0.25) is 0 Å². The number of carboxylic acid groups (broad SMARTS) is 1. The molecule has 2 unspecified atom stereocenters. The van der Waals surface area contributed by atoms with E-state index in [1.165, 1.54) is 17.4 Å². The zero-order valence-electron chi connectivity index (χ0n) is 11.0. The molecule has 1 saturated heterocycles. The summed E-state index contributed by atoms with van der Waals surface area (Å²) in [7, 11) is 0. The first kappa shape index (κ1) is 13.4. The fourth-order valence-corrected chi connectivity index (χ4v) is 2.38. The molecule has 0 aromatic carbocycles. The highest BCUT2D eigenvalue weighted by Crippen LogP contribution is 2.32. The molecule has 1 N–H and O–H groups in total. The van der Waals surface area contributed by atoms with Crippen molar-refractivity contribution in [3.05, 3.63) is 48.3 Å². The predicted molar refractivity (Wildman–Crippen MR) is 68.1 cm³/mol. The predicted octanol–water partition coefficient (Wildman–Crippen LogP) is 1.43. The molecule has 110 valence electrons. The van der Waals surface area contributed by atoms with E-state index in [0.29, 0.717) is 11.5 Å². The molecule has 1 fully saturated rings. The van der Waals surface area contributed by atoms with Gasteiger partial charge in [0, 0.05) is 0 Å². The Morgan fingerprint density at radius 1 is 1.29 bits per heavy atom. The first-order valence-corrected chi connectivity index (χ1v) is 6.36. The SMILES string of the molecule is O=C(O)C1OCC(=O)N(Cc2ccco2)C1c1ccco1. The Hall–Kier alpha value is -2.54. The summed E-state index contributed by atoms with van der Waals surface area (Å²) < 4.78 is 15.7. The Balaban J connectivity index is 1.95. The molecular formula is C14H13NO6. The molecule has 0 spiro atoms. The number of furan rings is 2. The van der Waals surface area contributed by atoms with E-state index in [9.17, 15) is 14.7 Å². The van der Waals surface area contributed by atoms with E-state index in [4.69, 9.17) is 13.6 Å². The van der Waals surface area contributed by atoms with Gasteiger partial charge in [-0.3, -0.25) is 4.79 Å². The van der Waals surface area contributed by atoms with E-state index in [1.54, 1.807) is 24.3 Å². The molecule has 7 heteroatoms. The number of aliphatic carboxylic acids is 1. The number of morpholine rings is 1. The van der Waals surface area contributed by atoms with Gasteiger partial charge >= 0.3 is 5.97 Å². The zero-order chi connectivity index (χ0) is 14.8. The van der Waals surface area contributed by atoms with Crippen molar-refractivity contribution in [1.82, 2.24) is 4.90 Å². The van der Waals surface area contributed by atoms with Crippen LogP contribution < -0.4 is 0 Å². The first-order chi connectivity index (χ1) is 10.2. The summed E-state index contributed by atoms with van der Waals surface area (Å²) in [6, 6.07) is 5.86. The molecule has 7 nitrogen and oxygen atoms in total. The van der Waals surface area contributed by atoms with E-state index >= 15 is 0 Å². The normalized spacial score (nSPS) is 22.5. The van der Waals surface area contributed by atoms with Gasteiger partial charge in [0.05, 0.1) is 19.1 Å². The minimum atomic E-state index is -1.18. The molecule has 0 radical (unpaired) electrons. The molecule has 2 aromatic rings. The van der Waals surface area contributed by atoms with Crippen molar-refractivity contribution in [3.8, 4) is 0 Å². The summed E-state index contributed by atoms with van der Waals surface area (Å²) in [6.07, 6.45) is 1.75. The maximum absolute atomic E-state index is 12.1. The number of rotatable bonds is 4. The van der Waals surface area contributed by atoms with Crippen molar-refractivity contribution >= 4 is 11.9 Å². The number of carbonyl (C=O) groups is 2. The third-order valence-corrected chi connectivity index (χ3v) is 3.31. The Morgan fingerprint density at radius 3 is 2.67 bits per heavy atom. The van der Waals surface area contributed by atoms with Crippen molar-refractivity contribution < 1.29 is 28.3 Å². The van der Waals surface area contributed by atoms with Crippen LogP contribution in [0.1, 0.15) is 17.6 Å². The maximum atomic E-state index is 12.1. The molecule has 3 heterocycles. The van der Waals surface area contributed by atoms with Gasteiger partial charge in [-0.1, -0.05) is 0 Å². The topological polar surface area (TPSA) is 93.1 Å². The fourth-order valence-electron chi connectivity index (χ4n) is 2.38. The van der Waals surface area contributed by atoms with Gasteiger partial charge in [-0.15, -0.1) is 0 Å². The van der Waals surface area contributed by atoms with Gasteiger partial charge in [0.2, 0.25) is 5.91 Å². The van der Waals surface area contributed by atoms with E-state index in [2.05, 4.69) is 0 Å². The average molecular weight is 291 g/mol. The monoisotopic (exact) mass is 291 g/mol. The summed E-state index contributed by atoms with van der Waals surface area (Å²) in [6.45, 7) is -0.126. The van der Waals surface area contributed by atoms with Crippen LogP contribution in [-0.2, 0) is 20.9 Å². The van der Waals surface area contributed by atoms with E-state index < -0.39 is 18.1 Å². The molecule has 1 aliphatic heterocycles. The molecule has 0 saturated carbocycles. The maximum Gasteiger partial charge on any atom is 0.335 e. The Bertz CT molecular complexity index is 618. The molecule has 0 aliphatic carbocycles. The van der Waals surface area contributed by atoms with E-state index in [1.807, 2.05) is 0 Å². The van der Waals surface area contributed by atoms with Crippen LogP contribution in [0.4, 0.5) is 0 Å². The van der Waals surface area contributed by atoms with Gasteiger partial charge in [0.25, 0.3) is 0 Å². The number of hydrogen-bond acceptors (Lipinski definition) is 5. The standard InChI is InChI=1S/C14H13NO6/c16-11-8-21-13(14(17)18)12(10-4-2-6-20-10)15(11)7-9-3-1-5-19-9/h1-6,12-13H,7-8H2,(H,17,18). The second kappa shape index (κ2) is 5.45. The summed E-state index contributed by atoms with van der Waals surface area (Å²) >= 11 is 0. The third-order valence-electron chi connectivity index (χ3n) is 3.31. The van der Waals surface area contributed by atoms with Crippen molar-refractivity contribution in [2.45, 2.75) is 18.7 Å². The molecule has 2 atom stereocenters. The number of ether oxygens (including phenoxy) is 1. The molecule has 1 aliphatic rings. The molecular weight excluding hydrogens is 278 g/mol. The Kier molecular flexibility index (Phi) is 3.49. The van der Waals surface area contributed by atoms with Crippen molar-refractivity contribution in [3.63, 3.8) is 0 Å². The largest absolute Gasteiger partial charge is 0.479 e.